The summed E-state index contributed by atoms with van der Waals surface area (Å²) >= 11 is 7.79. The van der Waals surface area contributed by atoms with E-state index in [-0.39, 0.29) is 6.04 Å². The lowest BCUT2D eigenvalue weighted by Crippen LogP contribution is -2.31. The van der Waals surface area contributed by atoms with Crippen LogP contribution in [0.15, 0.2) is 66.7 Å². The number of ether oxygens (including phenoxy) is 1. The summed E-state index contributed by atoms with van der Waals surface area (Å²) in [6, 6.07) is 22.6. The van der Waals surface area contributed by atoms with Crippen LogP contribution in [0.5, 0.6) is 0 Å². The summed E-state index contributed by atoms with van der Waals surface area (Å²) < 4.78 is 10.8. The highest BCUT2D eigenvalue weighted by Gasteiger charge is 2.20. The third-order valence-corrected chi connectivity index (χ3v) is 7.18. The van der Waals surface area contributed by atoms with Gasteiger partial charge in [-0.1, -0.05) is 53.6 Å². The van der Waals surface area contributed by atoms with Gasteiger partial charge in [0.15, 0.2) is 0 Å². The Morgan fingerprint density at radius 3 is 2.58 bits per heavy atom. The van der Waals surface area contributed by atoms with Crippen LogP contribution in [-0.2, 0) is 17.7 Å². The van der Waals surface area contributed by atoms with Gasteiger partial charge < -0.3 is 13.9 Å². The van der Waals surface area contributed by atoms with Gasteiger partial charge in [-0.3, -0.25) is 5.41 Å². The predicted octanol–water partition coefficient (Wildman–Crippen LogP) is 5.97. The van der Waals surface area contributed by atoms with E-state index in [0.717, 1.165) is 32.7 Å². The van der Waals surface area contributed by atoms with Gasteiger partial charge in [-0.2, -0.15) is 0 Å². The second kappa shape index (κ2) is 9.14. The Bertz CT molecular complexity index is 1480. The average Bonchev–Trinajstić information content (AvgIpc) is 3.33. The fourth-order valence-electron chi connectivity index (χ4n) is 4.35. The van der Waals surface area contributed by atoms with Crippen LogP contribution >= 0.6 is 22.9 Å². The molecule has 5 rings (SSSR count). The second-order valence-corrected chi connectivity index (χ2v) is 9.84. The molecule has 0 aliphatic carbocycles. The second-order valence-electron chi connectivity index (χ2n) is 8.29. The third kappa shape index (κ3) is 4.34. The topological polar surface area (TPSA) is 55.8 Å². The van der Waals surface area contributed by atoms with Gasteiger partial charge >= 0.3 is 0 Å². The monoisotopic (exact) mass is 476 g/mol. The van der Waals surface area contributed by atoms with Crippen molar-refractivity contribution in [3.05, 3.63) is 93.5 Å². The third-order valence-electron chi connectivity index (χ3n) is 5.92. The number of hydrogen-bond donors (Lipinski definition) is 1. The lowest BCUT2D eigenvalue weighted by atomic mass is 10.0. The van der Waals surface area contributed by atoms with E-state index < -0.39 is 0 Å². The molecule has 0 aliphatic heterocycles. The Morgan fingerprint density at radius 1 is 1.06 bits per heavy atom. The van der Waals surface area contributed by atoms with Gasteiger partial charge in [-0.05, 0) is 49.2 Å². The van der Waals surface area contributed by atoms with Gasteiger partial charge in [-0.15, -0.1) is 11.3 Å². The van der Waals surface area contributed by atoms with Crippen molar-refractivity contribution < 1.29 is 4.74 Å². The molecule has 1 atom stereocenters. The van der Waals surface area contributed by atoms with Gasteiger partial charge in [0.2, 0.25) is 5.62 Å². The van der Waals surface area contributed by atoms with Crippen LogP contribution in [-0.4, -0.2) is 27.8 Å². The molecular weight excluding hydrogens is 452 g/mol. The number of thiazole rings is 1. The first-order valence-electron chi connectivity index (χ1n) is 10.9. The van der Waals surface area contributed by atoms with Gasteiger partial charge in [0.25, 0.3) is 0 Å². The molecule has 0 saturated heterocycles. The number of imidazole rings is 1. The number of hydrogen-bond acceptors (Lipinski definition) is 4. The number of para-hydroxylation sites is 2. The highest BCUT2D eigenvalue weighted by Crippen LogP contribution is 2.27. The normalized spacial score (nSPS) is 12.6. The molecule has 3 aromatic carbocycles. The maximum atomic E-state index is 9.13. The molecule has 33 heavy (non-hydrogen) atoms. The van der Waals surface area contributed by atoms with Crippen molar-refractivity contribution in [3.8, 4) is 0 Å². The van der Waals surface area contributed by atoms with Gasteiger partial charge in [0.1, 0.15) is 5.01 Å². The smallest absolute Gasteiger partial charge is 0.203 e. The number of nitrogens with one attached hydrogen (secondary N) is 1. The standard InChI is InChI=1S/C26H25ClN4OS/c1-17-7-9-18(10-8-17)13-20(16-32-2)31-23-6-4-3-5-22(23)30(26(31)28)15-25-29-21-14-19(27)11-12-24(21)33-25/h3-12,14,20,28H,13,15-16H2,1-2H3/t20-/m0/s1. The molecule has 7 heteroatoms. The molecule has 2 aromatic heterocycles. The number of benzene rings is 3. The molecule has 0 fully saturated rings. The minimum atomic E-state index is 0.00512. The summed E-state index contributed by atoms with van der Waals surface area (Å²) in [6.07, 6.45) is 0.790. The van der Waals surface area contributed by atoms with Crippen molar-refractivity contribution >= 4 is 44.2 Å². The number of nitrogens with zero attached hydrogens (tertiary/aromatic N) is 3. The molecule has 1 N–H and O–H groups in total. The Morgan fingerprint density at radius 2 is 1.82 bits per heavy atom. The van der Waals surface area contributed by atoms with Crippen LogP contribution in [0.25, 0.3) is 21.3 Å². The molecule has 0 bridgehead atoms. The summed E-state index contributed by atoms with van der Waals surface area (Å²) in [7, 11) is 1.72. The molecule has 5 aromatic rings. The largest absolute Gasteiger partial charge is 0.383 e. The van der Waals surface area contributed by atoms with Gasteiger partial charge in [-0.25, -0.2) is 4.98 Å². The Balaban J connectivity index is 1.58. The van der Waals surface area contributed by atoms with Crippen LogP contribution in [0.1, 0.15) is 22.2 Å². The number of rotatable bonds is 7. The van der Waals surface area contributed by atoms with Gasteiger partial charge in [0.05, 0.1) is 40.4 Å². The SMILES string of the molecule is COC[C@H](Cc1ccc(C)cc1)n1c(=N)n(Cc2nc3cc(Cl)ccc3s2)c2ccccc21. The molecule has 0 spiro atoms. The molecule has 0 aliphatic rings. The first-order chi connectivity index (χ1) is 16.0. The average molecular weight is 477 g/mol. The van der Waals surface area contributed by atoms with E-state index in [1.54, 1.807) is 18.4 Å². The van der Waals surface area contributed by atoms with E-state index in [1.165, 1.54) is 11.1 Å². The molecular formula is C26H25ClN4OS. The molecule has 168 valence electrons. The lowest BCUT2D eigenvalue weighted by molar-refractivity contribution is 0.154. The summed E-state index contributed by atoms with van der Waals surface area (Å²) in [4.78, 5) is 4.78. The van der Waals surface area contributed by atoms with Crippen LogP contribution in [0, 0.1) is 12.3 Å². The van der Waals surface area contributed by atoms with Crippen molar-refractivity contribution in [1.82, 2.24) is 14.1 Å². The van der Waals surface area contributed by atoms with Crippen LogP contribution in [0.4, 0.5) is 0 Å². The molecule has 0 radical (unpaired) electrons. The van der Waals surface area contributed by atoms with Crippen LogP contribution in [0.2, 0.25) is 5.02 Å². The van der Waals surface area contributed by atoms with Crippen molar-refractivity contribution in [2.75, 3.05) is 13.7 Å². The van der Waals surface area contributed by atoms with Crippen molar-refractivity contribution in [2.24, 2.45) is 0 Å². The minimum Gasteiger partial charge on any atom is -0.383 e. The fraction of sp³-hybridized carbons (Fsp3) is 0.231. The minimum absolute atomic E-state index is 0.00512. The molecule has 5 nitrogen and oxygen atoms in total. The number of halogens is 1. The molecule has 0 amide bonds. The number of methoxy groups -OCH3 is 1. The van der Waals surface area contributed by atoms with E-state index in [9.17, 15) is 0 Å². The number of aryl methyl sites for hydroxylation is 1. The lowest BCUT2D eigenvalue weighted by Gasteiger charge is -2.19. The van der Waals surface area contributed by atoms with Crippen molar-refractivity contribution in [3.63, 3.8) is 0 Å². The zero-order valence-corrected chi connectivity index (χ0v) is 20.2. The van der Waals surface area contributed by atoms with Crippen molar-refractivity contribution in [1.29, 1.82) is 5.41 Å². The first-order valence-corrected chi connectivity index (χ1v) is 12.1. The van der Waals surface area contributed by atoms with Crippen LogP contribution < -0.4 is 5.62 Å². The maximum Gasteiger partial charge on any atom is 0.203 e. The number of aromatic nitrogens is 3. The molecule has 2 heterocycles. The van der Waals surface area contributed by atoms with E-state index >= 15 is 0 Å². The number of fused-ring (bicyclic) bond motifs is 2. The van der Waals surface area contributed by atoms with E-state index in [4.69, 9.17) is 26.7 Å². The molecule has 0 unspecified atom stereocenters. The first kappa shape index (κ1) is 21.9. The highest BCUT2D eigenvalue weighted by atomic mass is 35.5. The van der Waals surface area contributed by atoms with E-state index in [0.29, 0.717) is 23.8 Å². The Labute approximate surface area is 201 Å². The summed E-state index contributed by atoms with van der Waals surface area (Å²) in [5, 5.41) is 10.8. The Hall–Kier alpha value is -2.93. The Kier molecular flexibility index (Phi) is 6.06. The summed E-state index contributed by atoms with van der Waals surface area (Å²) in [5.74, 6) is 0. The fourth-order valence-corrected chi connectivity index (χ4v) is 5.45. The van der Waals surface area contributed by atoms with Crippen molar-refractivity contribution in [2.45, 2.75) is 25.9 Å². The van der Waals surface area contributed by atoms with Gasteiger partial charge in [0, 0.05) is 12.1 Å². The molecule has 0 saturated carbocycles. The maximum absolute atomic E-state index is 9.13. The highest BCUT2D eigenvalue weighted by molar-refractivity contribution is 7.18. The van der Waals surface area contributed by atoms with E-state index in [1.807, 2.05) is 34.9 Å². The van der Waals surface area contributed by atoms with Crippen LogP contribution in [0.3, 0.4) is 0 Å². The quantitative estimate of drug-likeness (QED) is 0.314. The zero-order valence-electron chi connectivity index (χ0n) is 18.6. The predicted molar refractivity (Wildman–Crippen MR) is 135 cm³/mol. The van der Waals surface area contributed by atoms with E-state index in [2.05, 4.69) is 47.9 Å². The summed E-state index contributed by atoms with van der Waals surface area (Å²) in [5.41, 5.74) is 5.86. The summed E-state index contributed by atoms with van der Waals surface area (Å²) in [6.45, 7) is 3.16. The zero-order chi connectivity index (χ0) is 22.9.